The van der Waals surface area contributed by atoms with Gasteiger partial charge in [0, 0.05) is 24.8 Å². The average Bonchev–Trinajstić information content (AvgIpc) is 2.41. The van der Waals surface area contributed by atoms with Crippen LogP contribution in [-0.4, -0.2) is 58.3 Å². The van der Waals surface area contributed by atoms with Gasteiger partial charge in [-0.15, -0.1) is 0 Å². The fraction of sp³-hybridized carbons (Fsp3) is 0.500. The van der Waals surface area contributed by atoms with Gasteiger partial charge in [-0.05, 0) is 26.2 Å². The molecule has 6 heteroatoms. The molecule has 3 N–H and O–H groups in total. The number of anilines is 1. The van der Waals surface area contributed by atoms with Crippen molar-refractivity contribution >= 4 is 11.6 Å². The quantitative estimate of drug-likeness (QED) is 0.538. The number of ether oxygens (including phenoxy) is 2. The van der Waals surface area contributed by atoms with Gasteiger partial charge in [-0.3, -0.25) is 4.79 Å². The summed E-state index contributed by atoms with van der Waals surface area (Å²) in [5, 5.41) is 2.78. The fourth-order valence-corrected chi connectivity index (χ4v) is 1.58. The van der Waals surface area contributed by atoms with Crippen molar-refractivity contribution in [2.75, 3.05) is 53.2 Å². The zero-order chi connectivity index (χ0) is 15.0. The van der Waals surface area contributed by atoms with Crippen LogP contribution in [0, 0.1) is 0 Å². The molecule has 1 aromatic carbocycles. The minimum Gasteiger partial charge on any atom is -0.496 e. The predicted octanol–water partition coefficient (Wildman–Crippen LogP) is 0.585. The number of nitrogens with two attached hydrogens (primary N) is 1. The molecule has 0 saturated heterocycles. The second kappa shape index (κ2) is 8.39. The van der Waals surface area contributed by atoms with Crippen LogP contribution >= 0.6 is 0 Å². The first-order valence-electron chi connectivity index (χ1n) is 6.48. The summed E-state index contributed by atoms with van der Waals surface area (Å²) in [5.41, 5.74) is 6.68. The van der Waals surface area contributed by atoms with E-state index in [1.807, 2.05) is 19.0 Å². The van der Waals surface area contributed by atoms with Crippen LogP contribution in [0.1, 0.15) is 10.4 Å². The van der Waals surface area contributed by atoms with E-state index in [0.717, 1.165) is 6.54 Å². The Hall–Kier alpha value is -1.79. The van der Waals surface area contributed by atoms with Crippen LogP contribution in [0.2, 0.25) is 0 Å². The minimum absolute atomic E-state index is 0.196. The molecular weight excluding hydrogens is 258 g/mol. The Balaban J connectivity index is 2.36. The van der Waals surface area contributed by atoms with Gasteiger partial charge in [0.2, 0.25) is 0 Å². The maximum atomic E-state index is 12.0. The van der Waals surface area contributed by atoms with Crippen LogP contribution in [0.15, 0.2) is 18.2 Å². The number of methoxy groups -OCH3 is 1. The van der Waals surface area contributed by atoms with E-state index in [9.17, 15) is 4.79 Å². The highest BCUT2D eigenvalue weighted by molar-refractivity contribution is 5.97. The van der Waals surface area contributed by atoms with E-state index >= 15 is 0 Å². The molecule has 112 valence electrons. The van der Waals surface area contributed by atoms with E-state index in [-0.39, 0.29) is 5.91 Å². The number of likely N-dealkylation sites (N-methyl/N-ethyl adjacent to an activating group) is 1. The number of hydrogen-bond acceptors (Lipinski definition) is 5. The fourth-order valence-electron chi connectivity index (χ4n) is 1.58. The SMILES string of the molecule is COc1cc(N)ccc1C(=O)NCCOCCN(C)C. The van der Waals surface area contributed by atoms with Gasteiger partial charge in [0.25, 0.3) is 5.91 Å². The highest BCUT2D eigenvalue weighted by Crippen LogP contribution is 2.21. The predicted molar refractivity (Wildman–Crippen MR) is 79.1 cm³/mol. The Morgan fingerprint density at radius 3 is 2.75 bits per heavy atom. The lowest BCUT2D eigenvalue weighted by atomic mass is 10.1. The van der Waals surface area contributed by atoms with E-state index in [2.05, 4.69) is 5.32 Å². The van der Waals surface area contributed by atoms with Crippen LogP contribution in [0.4, 0.5) is 5.69 Å². The van der Waals surface area contributed by atoms with Crippen LogP contribution in [0.25, 0.3) is 0 Å². The molecule has 0 unspecified atom stereocenters. The molecule has 0 atom stereocenters. The van der Waals surface area contributed by atoms with Gasteiger partial charge >= 0.3 is 0 Å². The molecule has 0 heterocycles. The Labute approximate surface area is 119 Å². The summed E-state index contributed by atoms with van der Waals surface area (Å²) >= 11 is 0. The van der Waals surface area contributed by atoms with Crippen molar-refractivity contribution in [3.8, 4) is 5.75 Å². The molecule has 1 aromatic rings. The lowest BCUT2D eigenvalue weighted by molar-refractivity contribution is 0.0897. The number of carbonyl (C=O) groups is 1. The van der Waals surface area contributed by atoms with Gasteiger partial charge in [0.15, 0.2) is 0 Å². The number of nitrogens with zero attached hydrogens (tertiary/aromatic N) is 1. The number of carbonyl (C=O) groups excluding carboxylic acids is 1. The van der Waals surface area contributed by atoms with E-state index in [0.29, 0.717) is 36.8 Å². The number of benzene rings is 1. The van der Waals surface area contributed by atoms with Crippen molar-refractivity contribution in [1.82, 2.24) is 10.2 Å². The Morgan fingerprint density at radius 2 is 2.10 bits per heavy atom. The standard InChI is InChI=1S/C14H23N3O3/c1-17(2)7-9-20-8-6-16-14(18)12-5-4-11(15)10-13(12)19-3/h4-5,10H,6-9,15H2,1-3H3,(H,16,18). The van der Waals surface area contributed by atoms with Gasteiger partial charge in [-0.2, -0.15) is 0 Å². The van der Waals surface area contributed by atoms with Crippen LogP contribution in [0.5, 0.6) is 5.75 Å². The van der Waals surface area contributed by atoms with E-state index in [1.54, 1.807) is 18.2 Å². The molecule has 20 heavy (non-hydrogen) atoms. The average molecular weight is 281 g/mol. The summed E-state index contributed by atoms with van der Waals surface area (Å²) in [6.45, 7) is 2.45. The molecule has 0 aliphatic carbocycles. The topological polar surface area (TPSA) is 76.8 Å². The molecular formula is C14H23N3O3. The third-order valence-electron chi connectivity index (χ3n) is 2.69. The lowest BCUT2D eigenvalue weighted by Crippen LogP contribution is -2.28. The first kappa shape index (κ1) is 16.3. The molecule has 1 rings (SSSR count). The highest BCUT2D eigenvalue weighted by Gasteiger charge is 2.11. The molecule has 0 aromatic heterocycles. The van der Waals surface area contributed by atoms with Gasteiger partial charge in [-0.1, -0.05) is 0 Å². The molecule has 0 radical (unpaired) electrons. The summed E-state index contributed by atoms with van der Waals surface area (Å²) < 4.78 is 10.5. The Kier molecular flexibility index (Phi) is 6.83. The van der Waals surface area contributed by atoms with Gasteiger partial charge in [0.1, 0.15) is 5.75 Å². The van der Waals surface area contributed by atoms with Gasteiger partial charge in [-0.25, -0.2) is 0 Å². The smallest absolute Gasteiger partial charge is 0.255 e. The highest BCUT2D eigenvalue weighted by atomic mass is 16.5. The Bertz CT molecular complexity index is 436. The molecule has 0 aliphatic rings. The molecule has 0 fully saturated rings. The molecule has 0 spiro atoms. The maximum absolute atomic E-state index is 12.0. The van der Waals surface area contributed by atoms with Crippen molar-refractivity contribution in [2.45, 2.75) is 0 Å². The summed E-state index contributed by atoms with van der Waals surface area (Å²) in [6.07, 6.45) is 0. The maximum Gasteiger partial charge on any atom is 0.255 e. The molecule has 0 aliphatic heterocycles. The Morgan fingerprint density at radius 1 is 1.35 bits per heavy atom. The first-order chi connectivity index (χ1) is 9.54. The summed E-state index contributed by atoms with van der Waals surface area (Å²) in [6, 6.07) is 4.95. The number of nitrogen functional groups attached to an aromatic ring is 1. The minimum atomic E-state index is -0.196. The van der Waals surface area contributed by atoms with Gasteiger partial charge in [0.05, 0.1) is 25.9 Å². The van der Waals surface area contributed by atoms with E-state index in [4.69, 9.17) is 15.2 Å². The number of nitrogens with one attached hydrogen (secondary N) is 1. The number of amides is 1. The van der Waals surface area contributed by atoms with Crippen molar-refractivity contribution in [3.63, 3.8) is 0 Å². The molecule has 0 saturated carbocycles. The molecule has 6 nitrogen and oxygen atoms in total. The summed E-state index contributed by atoms with van der Waals surface area (Å²) in [5.74, 6) is 0.272. The van der Waals surface area contributed by atoms with Crippen LogP contribution < -0.4 is 15.8 Å². The first-order valence-corrected chi connectivity index (χ1v) is 6.48. The second-order valence-corrected chi connectivity index (χ2v) is 4.63. The number of hydrogen-bond donors (Lipinski definition) is 2. The zero-order valence-electron chi connectivity index (χ0n) is 12.3. The lowest BCUT2D eigenvalue weighted by Gasteiger charge is -2.11. The van der Waals surface area contributed by atoms with Crippen molar-refractivity contribution in [1.29, 1.82) is 0 Å². The third kappa shape index (κ3) is 5.46. The largest absolute Gasteiger partial charge is 0.496 e. The van der Waals surface area contributed by atoms with Crippen LogP contribution in [0.3, 0.4) is 0 Å². The molecule has 1 amide bonds. The van der Waals surface area contributed by atoms with Crippen molar-refractivity contribution in [3.05, 3.63) is 23.8 Å². The normalized spacial score (nSPS) is 10.6. The third-order valence-corrected chi connectivity index (χ3v) is 2.69. The van der Waals surface area contributed by atoms with E-state index < -0.39 is 0 Å². The summed E-state index contributed by atoms with van der Waals surface area (Å²) in [7, 11) is 5.48. The number of rotatable bonds is 8. The van der Waals surface area contributed by atoms with E-state index in [1.165, 1.54) is 7.11 Å². The van der Waals surface area contributed by atoms with Gasteiger partial charge < -0.3 is 25.4 Å². The zero-order valence-corrected chi connectivity index (χ0v) is 12.3. The van der Waals surface area contributed by atoms with Crippen LogP contribution in [-0.2, 0) is 4.74 Å². The van der Waals surface area contributed by atoms with Crippen molar-refractivity contribution < 1.29 is 14.3 Å². The second-order valence-electron chi connectivity index (χ2n) is 4.63. The summed E-state index contributed by atoms with van der Waals surface area (Å²) in [4.78, 5) is 14.0. The van der Waals surface area contributed by atoms with Crippen molar-refractivity contribution in [2.24, 2.45) is 0 Å². The molecule has 0 bridgehead atoms. The monoisotopic (exact) mass is 281 g/mol.